The van der Waals surface area contributed by atoms with Crippen LogP contribution in [-0.2, 0) is 6.18 Å². The second-order valence-corrected chi connectivity index (χ2v) is 9.22. The van der Waals surface area contributed by atoms with Crippen molar-refractivity contribution in [2.24, 2.45) is 0 Å². The summed E-state index contributed by atoms with van der Waals surface area (Å²) in [6.07, 6.45) is 4.61. The van der Waals surface area contributed by atoms with Crippen molar-refractivity contribution in [1.82, 2.24) is 39.0 Å². The van der Waals surface area contributed by atoms with Crippen LogP contribution < -0.4 is 10.6 Å². The predicted molar refractivity (Wildman–Crippen MR) is 145 cm³/mol. The van der Waals surface area contributed by atoms with E-state index in [-0.39, 0.29) is 16.9 Å². The van der Waals surface area contributed by atoms with Crippen LogP contribution in [0.4, 0.5) is 30.5 Å². The molecule has 4 aromatic heterocycles. The van der Waals surface area contributed by atoms with Gasteiger partial charge in [-0.3, -0.25) is 9.36 Å². The number of imidazole rings is 3. The van der Waals surface area contributed by atoms with E-state index in [1.807, 2.05) is 6.92 Å². The van der Waals surface area contributed by atoms with Crippen LogP contribution in [0.5, 0.6) is 0 Å². The Morgan fingerprint density at radius 2 is 1.85 bits per heavy atom. The van der Waals surface area contributed by atoms with Crippen LogP contribution in [0.1, 0.15) is 27.2 Å². The van der Waals surface area contributed by atoms with Crippen molar-refractivity contribution in [3.8, 4) is 11.5 Å². The van der Waals surface area contributed by atoms with E-state index in [0.717, 1.165) is 17.7 Å². The van der Waals surface area contributed by atoms with Gasteiger partial charge in [-0.05, 0) is 49.7 Å². The summed E-state index contributed by atoms with van der Waals surface area (Å²) in [6.45, 7) is 3.58. The number of H-pyrrole nitrogens is 1. The zero-order valence-corrected chi connectivity index (χ0v) is 21.6. The molecule has 2 aromatic carbocycles. The number of nitrogens with one attached hydrogen (secondary N) is 3. The molecule has 6 rings (SSSR count). The van der Waals surface area contributed by atoms with Crippen molar-refractivity contribution in [2.45, 2.75) is 20.0 Å². The highest BCUT2D eigenvalue weighted by molar-refractivity contribution is 6.05. The molecule has 0 aliphatic heterocycles. The summed E-state index contributed by atoms with van der Waals surface area (Å²) in [6, 6.07) is 8.27. The number of halogens is 3. The Labute approximate surface area is 230 Å². The molecule has 41 heavy (non-hydrogen) atoms. The number of rotatable bonds is 6. The summed E-state index contributed by atoms with van der Waals surface area (Å²) in [5.74, 6) is 0.351. The number of anilines is 3. The van der Waals surface area contributed by atoms with E-state index < -0.39 is 17.6 Å². The fourth-order valence-corrected chi connectivity index (χ4v) is 4.28. The van der Waals surface area contributed by atoms with E-state index in [1.54, 1.807) is 48.3 Å². The lowest BCUT2D eigenvalue weighted by Gasteiger charge is -2.15. The third-order valence-corrected chi connectivity index (χ3v) is 6.33. The van der Waals surface area contributed by atoms with Gasteiger partial charge in [0.2, 0.25) is 5.95 Å². The Balaban J connectivity index is 1.29. The summed E-state index contributed by atoms with van der Waals surface area (Å²) in [4.78, 5) is 37.3. The van der Waals surface area contributed by atoms with Gasteiger partial charge in [0.1, 0.15) is 11.8 Å². The van der Waals surface area contributed by atoms with Crippen molar-refractivity contribution >= 4 is 34.4 Å². The minimum Gasteiger partial charge on any atom is -0.340 e. The summed E-state index contributed by atoms with van der Waals surface area (Å²) in [7, 11) is 0. The van der Waals surface area contributed by atoms with Crippen molar-refractivity contribution in [1.29, 1.82) is 0 Å². The first-order valence-corrected chi connectivity index (χ1v) is 12.3. The van der Waals surface area contributed by atoms with Gasteiger partial charge in [-0.25, -0.2) is 24.9 Å². The van der Waals surface area contributed by atoms with Crippen LogP contribution in [0.25, 0.3) is 22.7 Å². The molecule has 0 atom stereocenters. The number of carbonyl (C=O) groups is 1. The maximum absolute atomic E-state index is 13.7. The van der Waals surface area contributed by atoms with Crippen molar-refractivity contribution in [3.63, 3.8) is 0 Å². The van der Waals surface area contributed by atoms with Gasteiger partial charge < -0.3 is 20.2 Å². The van der Waals surface area contributed by atoms with Crippen LogP contribution in [0.2, 0.25) is 0 Å². The van der Waals surface area contributed by atoms with E-state index in [9.17, 15) is 18.0 Å². The average Bonchev–Trinajstić information content (AvgIpc) is 3.70. The summed E-state index contributed by atoms with van der Waals surface area (Å²) < 4.78 is 44.2. The first-order chi connectivity index (χ1) is 19.7. The van der Waals surface area contributed by atoms with Gasteiger partial charge in [0.05, 0.1) is 23.9 Å². The van der Waals surface area contributed by atoms with Crippen LogP contribution in [0, 0.1) is 13.8 Å². The standard InChI is InChI=1S/C27H21F3N10O/c1-15-3-4-17(7-21(15)38-26-31-5-6-40(26)24-22-23(33-12-32-22)34-13-35-24)25(41)37-19-8-18(27(28,29)30)9-20(10-19)39-11-16(2)36-14-39/h3-14H,1-2H3,(H,31,38)(H,37,41)(H,32,33,34,35). The number of benzene rings is 2. The van der Waals surface area contributed by atoms with Crippen molar-refractivity contribution in [2.75, 3.05) is 10.6 Å². The van der Waals surface area contributed by atoms with E-state index in [1.165, 1.54) is 29.6 Å². The quantitative estimate of drug-likeness (QED) is 0.251. The molecule has 0 aliphatic carbocycles. The Morgan fingerprint density at radius 1 is 1.00 bits per heavy atom. The molecular weight excluding hydrogens is 537 g/mol. The number of nitrogens with zero attached hydrogens (tertiary/aromatic N) is 7. The van der Waals surface area contributed by atoms with Crippen LogP contribution >= 0.6 is 0 Å². The highest BCUT2D eigenvalue weighted by Gasteiger charge is 2.31. The molecular formula is C27H21F3N10O. The molecule has 0 bridgehead atoms. The molecule has 6 aromatic rings. The van der Waals surface area contributed by atoms with Gasteiger partial charge in [-0.1, -0.05) is 6.07 Å². The smallest absolute Gasteiger partial charge is 0.340 e. The molecule has 0 saturated carbocycles. The Hall–Kier alpha value is -5.53. The Kier molecular flexibility index (Phi) is 6.21. The predicted octanol–water partition coefficient (Wildman–Crippen LogP) is 5.36. The van der Waals surface area contributed by atoms with E-state index in [2.05, 4.69) is 40.5 Å². The first kappa shape index (κ1) is 25.7. The van der Waals surface area contributed by atoms with E-state index in [4.69, 9.17) is 0 Å². The Morgan fingerprint density at radius 3 is 2.63 bits per heavy atom. The highest BCUT2D eigenvalue weighted by atomic mass is 19.4. The van der Waals surface area contributed by atoms with Gasteiger partial charge >= 0.3 is 6.18 Å². The Bertz CT molecular complexity index is 1900. The minimum atomic E-state index is -4.61. The maximum Gasteiger partial charge on any atom is 0.416 e. The van der Waals surface area contributed by atoms with Crippen molar-refractivity contribution < 1.29 is 18.0 Å². The van der Waals surface area contributed by atoms with E-state index in [0.29, 0.717) is 34.3 Å². The minimum absolute atomic E-state index is 0.0101. The van der Waals surface area contributed by atoms with Crippen LogP contribution in [-0.4, -0.2) is 44.9 Å². The molecule has 11 nitrogen and oxygen atoms in total. The molecule has 0 saturated heterocycles. The zero-order chi connectivity index (χ0) is 28.7. The topological polar surface area (TPSA) is 131 Å². The molecule has 14 heteroatoms. The average molecular weight is 559 g/mol. The number of fused-ring (bicyclic) bond motifs is 1. The largest absolute Gasteiger partial charge is 0.416 e. The fourth-order valence-electron chi connectivity index (χ4n) is 4.28. The number of aryl methyl sites for hydroxylation is 2. The number of aromatic amines is 1. The molecule has 0 unspecified atom stereocenters. The molecule has 0 fully saturated rings. The maximum atomic E-state index is 13.7. The molecule has 0 radical (unpaired) electrons. The third-order valence-electron chi connectivity index (χ3n) is 6.33. The third kappa shape index (κ3) is 5.09. The fraction of sp³-hybridized carbons (Fsp3) is 0.111. The van der Waals surface area contributed by atoms with Gasteiger partial charge in [0, 0.05) is 41.2 Å². The van der Waals surface area contributed by atoms with Gasteiger partial charge in [0.25, 0.3) is 5.91 Å². The van der Waals surface area contributed by atoms with Gasteiger partial charge in [-0.15, -0.1) is 0 Å². The lowest BCUT2D eigenvalue weighted by molar-refractivity contribution is -0.137. The van der Waals surface area contributed by atoms with Crippen LogP contribution in [0.3, 0.4) is 0 Å². The zero-order valence-electron chi connectivity index (χ0n) is 21.6. The molecule has 206 valence electrons. The first-order valence-electron chi connectivity index (χ1n) is 12.3. The molecule has 0 aliphatic rings. The molecule has 4 heterocycles. The van der Waals surface area contributed by atoms with Crippen molar-refractivity contribution in [3.05, 3.63) is 96.4 Å². The molecule has 0 spiro atoms. The second-order valence-electron chi connectivity index (χ2n) is 9.22. The normalized spacial score (nSPS) is 11.6. The van der Waals surface area contributed by atoms with E-state index >= 15 is 0 Å². The van der Waals surface area contributed by atoms with Crippen LogP contribution in [0.15, 0.2) is 74.0 Å². The highest BCUT2D eigenvalue weighted by Crippen LogP contribution is 2.33. The SMILES string of the molecule is Cc1cn(-c2cc(NC(=O)c3ccc(C)c(Nc4nccn4-c4ncnc5nc[nH]c45)c3)cc(C(F)(F)F)c2)cn1. The monoisotopic (exact) mass is 558 g/mol. The molecule has 1 amide bonds. The number of hydrogen-bond acceptors (Lipinski definition) is 7. The second kappa shape index (κ2) is 9.89. The lowest BCUT2D eigenvalue weighted by atomic mass is 10.1. The summed E-state index contributed by atoms with van der Waals surface area (Å²) in [5, 5.41) is 5.81. The number of amides is 1. The number of carbonyl (C=O) groups excluding carboxylic acids is 1. The summed E-state index contributed by atoms with van der Waals surface area (Å²) in [5.41, 5.74) is 2.66. The number of hydrogen-bond donors (Lipinski definition) is 3. The lowest BCUT2D eigenvalue weighted by Crippen LogP contribution is -2.14. The number of alkyl halides is 3. The van der Waals surface area contributed by atoms with Gasteiger partial charge in [0.15, 0.2) is 11.5 Å². The van der Waals surface area contributed by atoms with Gasteiger partial charge in [-0.2, -0.15) is 13.2 Å². The molecule has 3 N–H and O–H groups in total. The number of aromatic nitrogens is 8. The summed E-state index contributed by atoms with van der Waals surface area (Å²) >= 11 is 0.